The molecule has 2 nitrogen and oxygen atoms in total. The molecule has 0 spiro atoms. The molecule has 0 aromatic rings. The van der Waals surface area contributed by atoms with E-state index in [1.807, 2.05) is 0 Å². The van der Waals surface area contributed by atoms with Crippen LogP contribution in [0.2, 0.25) is 0 Å². The second kappa shape index (κ2) is 5.31. The minimum Gasteiger partial charge on any atom is -0.376 e. The Hall–Kier alpha value is -0.0800. The van der Waals surface area contributed by atoms with Gasteiger partial charge in [0.1, 0.15) is 0 Å². The third kappa shape index (κ3) is 2.54. The number of rotatable bonds is 4. The maximum Gasteiger partial charge on any atom is 0.0756 e. The molecule has 1 saturated carbocycles. The van der Waals surface area contributed by atoms with Crippen LogP contribution in [0, 0.1) is 11.8 Å². The zero-order valence-electron chi connectivity index (χ0n) is 10.2. The molecule has 1 aliphatic heterocycles. The Morgan fingerprint density at radius 2 is 2.00 bits per heavy atom. The van der Waals surface area contributed by atoms with Crippen molar-refractivity contribution in [3.05, 3.63) is 0 Å². The van der Waals surface area contributed by atoms with E-state index < -0.39 is 0 Å². The fourth-order valence-corrected chi connectivity index (χ4v) is 3.28. The molecule has 0 aromatic heterocycles. The third-order valence-corrected chi connectivity index (χ3v) is 4.15. The lowest BCUT2D eigenvalue weighted by atomic mass is 9.87. The van der Waals surface area contributed by atoms with E-state index in [4.69, 9.17) is 4.74 Å². The number of likely N-dealkylation sites (N-methyl/N-ethyl adjacent to an activating group) is 1. The van der Waals surface area contributed by atoms with Gasteiger partial charge < -0.3 is 10.1 Å². The molecule has 0 aromatic carbocycles. The van der Waals surface area contributed by atoms with E-state index in [1.54, 1.807) is 0 Å². The van der Waals surface area contributed by atoms with Crippen LogP contribution in [0.15, 0.2) is 0 Å². The zero-order chi connectivity index (χ0) is 10.7. The second-order valence-corrected chi connectivity index (χ2v) is 5.23. The molecule has 88 valence electrons. The zero-order valence-corrected chi connectivity index (χ0v) is 10.2. The van der Waals surface area contributed by atoms with E-state index in [2.05, 4.69) is 19.2 Å². The van der Waals surface area contributed by atoms with Gasteiger partial charge in [-0.2, -0.15) is 0 Å². The molecule has 0 bridgehead atoms. The maximum absolute atomic E-state index is 5.93. The highest BCUT2D eigenvalue weighted by Gasteiger charge is 2.37. The molecule has 3 unspecified atom stereocenters. The van der Waals surface area contributed by atoms with Crippen molar-refractivity contribution in [1.82, 2.24) is 5.32 Å². The van der Waals surface area contributed by atoms with Gasteiger partial charge in [0.15, 0.2) is 0 Å². The van der Waals surface area contributed by atoms with Crippen LogP contribution in [0.25, 0.3) is 0 Å². The largest absolute Gasteiger partial charge is 0.376 e. The van der Waals surface area contributed by atoms with Gasteiger partial charge in [0, 0.05) is 12.6 Å². The van der Waals surface area contributed by atoms with Crippen LogP contribution >= 0.6 is 0 Å². The van der Waals surface area contributed by atoms with E-state index in [0.717, 1.165) is 25.0 Å². The highest BCUT2D eigenvalue weighted by atomic mass is 16.5. The standard InChI is InChI=1S/C13H25NO/c1-3-14-12(11-6-4-5-7-11)13-10(2)8-9-15-13/h10-14H,3-9H2,1-2H3. The summed E-state index contributed by atoms with van der Waals surface area (Å²) in [5.41, 5.74) is 0. The average molecular weight is 211 g/mol. The lowest BCUT2D eigenvalue weighted by Crippen LogP contribution is -2.46. The summed E-state index contributed by atoms with van der Waals surface area (Å²) in [6.45, 7) is 6.60. The van der Waals surface area contributed by atoms with Gasteiger partial charge in [0.25, 0.3) is 0 Å². The Kier molecular flexibility index (Phi) is 4.04. The summed E-state index contributed by atoms with van der Waals surface area (Å²) < 4.78 is 5.93. The first-order chi connectivity index (χ1) is 7.33. The van der Waals surface area contributed by atoms with E-state index in [-0.39, 0.29) is 0 Å². The Morgan fingerprint density at radius 3 is 2.53 bits per heavy atom. The highest BCUT2D eigenvalue weighted by Crippen LogP contribution is 2.34. The van der Waals surface area contributed by atoms with Gasteiger partial charge in [-0.15, -0.1) is 0 Å². The molecule has 0 amide bonds. The fourth-order valence-electron chi connectivity index (χ4n) is 3.28. The Balaban J connectivity index is 1.97. The van der Waals surface area contributed by atoms with Gasteiger partial charge in [0.2, 0.25) is 0 Å². The number of ether oxygens (including phenoxy) is 1. The molecule has 2 aliphatic rings. The van der Waals surface area contributed by atoms with Gasteiger partial charge in [0.05, 0.1) is 6.10 Å². The Morgan fingerprint density at radius 1 is 1.27 bits per heavy atom. The lowest BCUT2D eigenvalue weighted by molar-refractivity contribution is 0.0421. The molecule has 1 saturated heterocycles. The number of nitrogens with one attached hydrogen (secondary N) is 1. The van der Waals surface area contributed by atoms with Gasteiger partial charge in [-0.1, -0.05) is 26.7 Å². The molecule has 2 heteroatoms. The van der Waals surface area contributed by atoms with Crippen LogP contribution in [0.1, 0.15) is 46.0 Å². The summed E-state index contributed by atoms with van der Waals surface area (Å²) in [7, 11) is 0. The minimum absolute atomic E-state index is 0.480. The molecule has 15 heavy (non-hydrogen) atoms. The molecular weight excluding hydrogens is 186 g/mol. The predicted octanol–water partition coefficient (Wildman–Crippen LogP) is 2.58. The Bertz CT molecular complexity index is 189. The fraction of sp³-hybridized carbons (Fsp3) is 1.00. The van der Waals surface area contributed by atoms with Crippen molar-refractivity contribution in [2.45, 2.75) is 58.1 Å². The summed E-state index contributed by atoms with van der Waals surface area (Å²) in [5, 5.41) is 3.67. The number of hydrogen-bond acceptors (Lipinski definition) is 2. The van der Waals surface area contributed by atoms with Gasteiger partial charge in [-0.05, 0) is 37.6 Å². The molecule has 2 rings (SSSR count). The number of hydrogen-bond donors (Lipinski definition) is 1. The van der Waals surface area contributed by atoms with Crippen molar-refractivity contribution < 1.29 is 4.74 Å². The first-order valence-corrected chi connectivity index (χ1v) is 6.68. The van der Waals surface area contributed by atoms with Gasteiger partial charge >= 0.3 is 0 Å². The third-order valence-electron chi connectivity index (χ3n) is 4.15. The lowest BCUT2D eigenvalue weighted by Gasteiger charge is -2.31. The topological polar surface area (TPSA) is 21.3 Å². The molecule has 1 heterocycles. The van der Waals surface area contributed by atoms with Crippen LogP contribution in [0.5, 0.6) is 0 Å². The van der Waals surface area contributed by atoms with E-state index in [1.165, 1.54) is 32.1 Å². The van der Waals surface area contributed by atoms with Crippen molar-refractivity contribution in [3.8, 4) is 0 Å². The normalized spacial score (nSPS) is 34.8. The van der Waals surface area contributed by atoms with Crippen molar-refractivity contribution >= 4 is 0 Å². The van der Waals surface area contributed by atoms with Gasteiger partial charge in [-0.3, -0.25) is 0 Å². The van der Waals surface area contributed by atoms with Crippen molar-refractivity contribution in [2.75, 3.05) is 13.2 Å². The second-order valence-electron chi connectivity index (χ2n) is 5.23. The summed E-state index contributed by atoms with van der Waals surface area (Å²) in [4.78, 5) is 0. The first kappa shape index (κ1) is 11.4. The van der Waals surface area contributed by atoms with Crippen LogP contribution in [-0.2, 0) is 4.74 Å². The van der Waals surface area contributed by atoms with Crippen LogP contribution in [0.4, 0.5) is 0 Å². The van der Waals surface area contributed by atoms with E-state index in [0.29, 0.717) is 12.1 Å². The monoisotopic (exact) mass is 211 g/mol. The van der Waals surface area contributed by atoms with Gasteiger partial charge in [-0.25, -0.2) is 0 Å². The smallest absolute Gasteiger partial charge is 0.0756 e. The molecule has 2 fully saturated rings. The van der Waals surface area contributed by atoms with Crippen molar-refractivity contribution in [1.29, 1.82) is 0 Å². The first-order valence-electron chi connectivity index (χ1n) is 6.68. The molecule has 3 atom stereocenters. The summed E-state index contributed by atoms with van der Waals surface area (Å²) in [6, 6.07) is 0.620. The Labute approximate surface area is 93.8 Å². The summed E-state index contributed by atoms with van der Waals surface area (Å²) >= 11 is 0. The minimum atomic E-state index is 0.480. The van der Waals surface area contributed by atoms with Crippen molar-refractivity contribution in [3.63, 3.8) is 0 Å². The SMILES string of the molecule is CCNC(C1CCCC1)C1OCCC1C. The highest BCUT2D eigenvalue weighted by molar-refractivity contribution is 4.91. The molecule has 1 N–H and O–H groups in total. The maximum atomic E-state index is 5.93. The average Bonchev–Trinajstić information content (AvgIpc) is 2.85. The molecule has 0 radical (unpaired) electrons. The van der Waals surface area contributed by atoms with Crippen molar-refractivity contribution in [2.24, 2.45) is 11.8 Å². The molecule has 1 aliphatic carbocycles. The van der Waals surface area contributed by atoms with E-state index in [9.17, 15) is 0 Å². The predicted molar refractivity (Wildman–Crippen MR) is 62.9 cm³/mol. The van der Waals surface area contributed by atoms with Crippen LogP contribution < -0.4 is 5.32 Å². The summed E-state index contributed by atoms with van der Waals surface area (Å²) in [6.07, 6.45) is 7.39. The van der Waals surface area contributed by atoms with Crippen LogP contribution in [-0.4, -0.2) is 25.3 Å². The summed E-state index contributed by atoms with van der Waals surface area (Å²) in [5.74, 6) is 1.62. The van der Waals surface area contributed by atoms with Crippen LogP contribution in [0.3, 0.4) is 0 Å². The molecular formula is C13H25NO. The van der Waals surface area contributed by atoms with E-state index >= 15 is 0 Å². The quantitative estimate of drug-likeness (QED) is 0.771.